The Kier molecular flexibility index (Phi) is 3.50. The number of amides is 1. The Balaban J connectivity index is 2.26. The number of aromatic amines is 1. The van der Waals surface area contributed by atoms with Crippen molar-refractivity contribution in [2.45, 2.75) is 6.92 Å². The van der Waals surface area contributed by atoms with Crippen LogP contribution in [0.1, 0.15) is 16.2 Å². The normalized spacial score (nSPS) is 10.3. The number of rotatable bonds is 3. The van der Waals surface area contributed by atoms with E-state index in [4.69, 9.17) is 4.74 Å². The molecule has 1 amide bonds. The molecule has 1 N–H and O–H groups in total. The number of methoxy groups -OCH3 is 1. The van der Waals surface area contributed by atoms with E-state index in [9.17, 15) is 9.18 Å². The number of anilines is 1. The molecule has 5 nitrogen and oxygen atoms in total. The lowest BCUT2D eigenvalue weighted by Crippen LogP contribution is -2.26. The maximum absolute atomic E-state index is 13.6. The SMILES string of the molecule is COc1ccc(N(C)C(=O)c2cc(C)[nH]n2)cc1F. The topological polar surface area (TPSA) is 58.2 Å². The molecule has 0 fully saturated rings. The van der Waals surface area contributed by atoms with Gasteiger partial charge < -0.3 is 9.64 Å². The van der Waals surface area contributed by atoms with Crippen LogP contribution in [0.4, 0.5) is 10.1 Å². The van der Waals surface area contributed by atoms with Gasteiger partial charge in [0.05, 0.1) is 7.11 Å². The Morgan fingerprint density at radius 2 is 2.16 bits per heavy atom. The van der Waals surface area contributed by atoms with Gasteiger partial charge in [-0.15, -0.1) is 0 Å². The summed E-state index contributed by atoms with van der Waals surface area (Å²) in [4.78, 5) is 13.4. The predicted molar refractivity (Wildman–Crippen MR) is 69.0 cm³/mol. The molecule has 2 rings (SSSR count). The summed E-state index contributed by atoms with van der Waals surface area (Å²) >= 11 is 0. The number of hydrogen-bond acceptors (Lipinski definition) is 3. The van der Waals surface area contributed by atoms with Crippen molar-refractivity contribution in [1.82, 2.24) is 10.2 Å². The molecule has 0 unspecified atom stereocenters. The molecular formula is C13H14FN3O2. The minimum atomic E-state index is -0.516. The van der Waals surface area contributed by atoms with Gasteiger partial charge in [-0.05, 0) is 25.1 Å². The molecule has 0 aliphatic carbocycles. The van der Waals surface area contributed by atoms with Gasteiger partial charge in [0.1, 0.15) is 0 Å². The van der Waals surface area contributed by atoms with Gasteiger partial charge in [0.2, 0.25) is 0 Å². The number of ether oxygens (including phenoxy) is 1. The van der Waals surface area contributed by atoms with Crippen molar-refractivity contribution >= 4 is 11.6 Å². The molecule has 0 aliphatic heterocycles. The lowest BCUT2D eigenvalue weighted by Gasteiger charge is -2.16. The van der Waals surface area contributed by atoms with Crippen LogP contribution in [-0.2, 0) is 0 Å². The van der Waals surface area contributed by atoms with E-state index < -0.39 is 5.82 Å². The van der Waals surface area contributed by atoms with E-state index in [1.807, 2.05) is 0 Å². The standard InChI is InChI=1S/C13H14FN3O2/c1-8-6-11(16-15-8)13(18)17(2)9-4-5-12(19-3)10(14)7-9/h4-7H,1-3H3,(H,15,16). The zero-order valence-corrected chi connectivity index (χ0v) is 10.9. The summed E-state index contributed by atoms with van der Waals surface area (Å²) in [5.74, 6) is -0.688. The van der Waals surface area contributed by atoms with Crippen LogP contribution < -0.4 is 9.64 Å². The van der Waals surface area contributed by atoms with Crippen LogP contribution in [0.25, 0.3) is 0 Å². The van der Waals surface area contributed by atoms with Crippen LogP contribution in [0.5, 0.6) is 5.75 Å². The second-order valence-corrected chi connectivity index (χ2v) is 4.12. The van der Waals surface area contributed by atoms with Crippen molar-refractivity contribution < 1.29 is 13.9 Å². The second kappa shape index (κ2) is 5.09. The number of aryl methyl sites for hydroxylation is 1. The molecule has 19 heavy (non-hydrogen) atoms. The number of H-pyrrole nitrogens is 1. The van der Waals surface area contributed by atoms with E-state index in [-0.39, 0.29) is 17.4 Å². The third-order valence-electron chi connectivity index (χ3n) is 2.75. The van der Waals surface area contributed by atoms with Gasteiger partial charge in [0.15, 0.2) is 17.3 Å². The van der Waals surface area contributed by atoms with Crippen LogP contribution in [0.15, 0.2) is 24.3 Å². The molecule has 0 bridgehead atoms. The number of carbonyl (C=O) groups excluding carboxylic acids is 1. The number of aromatic nitrogens is 2. The van der Waals surface area contributed by atoms with E-state index >= 15 is 0 Å². The quantitative estimate of drug-likeness (QED) is 0.923. The van der Waals surface area contributed by atoms with Crippen LogP contribution in [-0.4, -0.2) is 30.3 Å². The number of benzene rings is 1. The van der Waals surface area contributed by atoms with Crippen molar-refractivity contribution in [3.63, 3.8) is 0 Å². The van der Waals surface area contributed by atoms with Crippen LogP contribution in [0.3, 0.4) is 0 Å². The Morgan fingerprint density at radius 3 is 2.68 bits per heavy atom. The van der Waals surface area contributed by atoms with Gasteiger partial charge in [-0.25, -0.2) is 4.39 Å². The number of nitrogens with one attached hydrogen (secondary N) is 1. The number of halogens is 1. The number of nitrogens with zero attached hydrogens (tertiary/aromatic N) is 2. The summed E-state index contributed by atoms with van der Waals surface area (Å²) in [6.07, 6.45) is 0. The summed E-state index contributed by atoms with van der Waals surface area (Å²) in [6.45, 7) is 1.80. The van der Waals surface area contributed by atoms with Gasteiger partial charge in [-0.1, -0.05) is 0 Å². The van der Waals surface area contributed by atoms with E-state index in [1.165, 1.54) is 24.1 Å². The Morgan fingerprint density at radius 1 is 1.42 bits per heavy atom. The van der Waals surface area contributed by atoms with Crippen LogP contribution in [0, 0.1) is 12.7 Å². The molecule has 1 aromatic heterocycles. The van der Waals surface area contributed by atoms with E-state index in [0.29, 0.717) is 5.69 Å². The van der Waals surface area contributed by atoms with Gasteiger partial charge in [-0.3, -0.25) is 9.89 Å². The van der Waals surface area contributed by atoms with Crippen LogP contribution >= 0.6 is 0 Å². The molecular weight excluding hydrogens is 249 g/mol. The first-order chi connectivity index (χ1) is 9.02. The maximum atomic E-state index is 13.6. The molecule has 1 heterocycles. The van der Waals surface area contributed by atoms with Gasteiger partial charge in [0.25, 0.3) is 5.91 Å². The van der Waals surface area contributed by atoms with Crippen molar-refractivity contribution in [1.29, 1.82) is 0 Å². The first-order valence-electron chi connectivity index (χ1n) is 5.66. The lowest BCUT2D eigenvalue weighted by atomic mass is 10.2. The summed E-state index contributed by atoms with van der Waals surface area (Å²) in [5, 5.41) is 6.58. The third-order valence-corrected chi connectivity index (χ3v) is 2.75. The monoisotopic (exact) mass is 263 g/mol. The summed E-state index contributed by atoms with van der Waals surface area (Å²) in [6, 6.07) is 5.97. The van der Waals surface area contributed by atoms with Crippen molar-refractivity contribution in [3.8, 4) is 5.75 Å². The van der Waals surface area contributed by atoms with E-state index in [0.717, 1.165) is 5.69 Å². The minimum Gasteiger partial charge on any atom is -0.494 e. The maximum Gasteiger partial charge on any atom is 0.278 e. The van der Waals surface area contributed by atoms with Gasteiger partial charge in [0, 0.05) is 24.5 Å². The molecule has 0 saturated heterocycles. The second-order valence-electron chi connectivity index (χ2n) is 4.12. The highest BCUT2D eigenvalue weighted by atomic mass is 19.1. The lowest BCUT2D eigenvalue weighted by molar-refractivity contribution is 0.0988. The molecule has 0 radical (unpaired) electrons. The summed E-state index contributed by atoms with van der Waals surface area (Å²) in [7, 11) is 2.95. The average Bonchev–Trinajstić information content (AvgIpc) is 2.83. The van der Waals surface area contributed by atoms with Crippen molar-refractivity contribution in [3.05, 3.63) is 41.5 Å². The molecule has 0 spiro atoms. The molecule has 0 atom stereocenters. The fraction of sp³-hybridized carbons (Fsp3) is 0.231. The molecule has 2 aromatic rings. The van der Waals surface area contributed by atoms with Crippen molar-refractivity contribution in [2.75, 3.05) is 19.1 Å². The summed E-state index contributed by atoms with van der Waals surface area (Å²) < 4.78 is 18.4. The van der Waals surface area contributed by atoms with E-state index in [1.54, 1.807) is 26.1 Å². The van der Waals surface area contributed by atoms with Gasteiger partial charge >= 0.3 is 0 Å². The molecule has 0 aliphatic rings. The molecule has 100 valence electrons. The van der Waals surface area contributed by atoms with Gasteiger partial charge in [-0.2, -0.15) is 5.10 Å². The highest BCUT2D eigenvalue weighted by Gasteiger charge is 2.17. The summed E-state index contributed by atoms with van der Waals surface area (Å²) in [5.41, 5.74) is 1.51. The Hall–Kier alpha value is -2.37. The first-order valence-corrected chi connectivity index (χ1v) is 5.66. The highest BCUT2D eigenvalue weighted by molar-refractivity contribution is 6.04. The molecule has 1 aromatic carbocycles. The molecule has 6 heteroatoms. The highest BCUT2D eigenvalue weighted by Crippen LogP contribution is 2.23. The fourth-order valence-electron chi connectivity index (χ4n) is 1.68. The minimum absolute atomic E-state index is 0.139. The zero-order valence-electron chi connectivity index (χ0n) is 10.9. The van der Waals surface area contributed by atoms with Crippen LogP contribution in [0.2, 0.25) is 0 Å². The largest absolute Gasteiger partial charge is 0.494 e. The number of carbonyl (C=O) groups is 1. The molecule has 0 saturated carbocycles. The Labute approximate surface area is 110 Å². The van der Waals surface area contributed by atoms with Crippen molar-refractivity contribution in [2.24, 2.45) is 0 Å². The number of hydrogen-bond donors (Lipinski definition) is 1. The van der Waals surface area contributed by atoms with E-state index in [2.05, 4.69) is 10.2 Å². The predicted octanol–water partition coefficient (Wildman–Crippen LogP) is 2.14. The fourth-order valence-corrected chi connectivity index (χ4v) is 1.68. The smallest absolute Gasteiger partial charge is 0.278 e. The first kappa shape index (κ1) is 13.1. The zero-order chi connectivity index (χ0) is 14.0. The third kappa shape index (κ3) is 2.57. The Bertz CT molecular complexity index is 610. The average molecular weight is 263 g/mol.